The molecule has 3 N–H and O–H groups in total. The molecular formula is C19H27N3O5. The lowest BCUT2D eigenvalue weighted by molar-refractivity contribution is -0.165. The number of nitrogens with two attached hydrogens (primary N) is 1. The number of Topliss-reactive ketones (excluding diaryl/α,β-unsaturated/α-hetero) is 1. The molecule has 27 heavy (non-hydrogen) atoms. The summed E-state index contributed by atoms with van der Waals surface area (Å²) < 4.78 is 6.06. The van der Waals surface area contributed by atoms with Crippen LogP contribution in [0.1, 0.15) is 57.4 Å². The van der Waals surface area contributed by atoms with Gasteiger partial charge in [-0.2, -0.15) is 0 Å². The van der Waals surface area contributed by atoms with E-state index in [0.717, 1.165) is 4.57 Å². The number of aromatic amines is 1. The molecule has 2 bridgehead atoms. The maximum absolute atomic E-state index is 13.1. The van der Waals surface area contributed by atoms with Gasteiger partial charge >= 0.3 is 11.7 Å². The highest BCUT2D eigenvalue weighted by molar-refractivity contribution is 5.89. The van der Waals surface area contributed by atoms with E-state index in [1.54, 1.807) is 0 Å². The second-order valence-corrected chi connectivity index (χ2v) is 7.93. The number of nitrogens with one attached hydrogen (secondary N) is 1. The number of aromatic nitrogens is 2. The molecule has 1 aromatic rings. The highest BCUT2D eigenvalue weighted by Gasteiger charge is 2.55. The molecular weight excluding hydrogens is 350 g/mol. The zero-order valence-corrected chi connectivity index (χ0v) is 15.9. The Morgan fingerprint density at radius 1 is 1.11 bits per heavy atom. The van der Waals surface area contributed by atoms with Crippen molar-refractivity contribution in [1.29, 1.82) is 0 Å². The smallest absolute Gasteiger partial charge is 0.329 e. The fraction of sp³-hybridized carbons (Fsp3) is 0.684. The van der Waals surface area contributed by atoms with E-state index in [9.17, 15) is 19.2 Å². The van der Waals surface area contributed by atoms with E-state index in [1.807, 2.05) is 6.92 Å². The van der Waals surface area contributed by atoms with Crippen LogP contribution in [0.4, 0.5) is 5.82 Å². The van der Waals surface area contributed by atoms with Crippen molar-refractivity contribution in [3.63, 3.8) is 0 Å². The van der Waals surface area contributed by atoms with Crippen molar-refractivity contribution in [2.75, 3.05) is 12.8 Å². The summed E-state index contributed by atoms with van der Waals surface area (Å²) in [5.41, 5.74) is 4.01. The Kier molecular flexibility index (Phi) is 5.01. The lowest BCUT2D eigenvalue weighted by atomic mass is 9.52. The Labute approximate surface area is 157 Å². The van der Waals surface area contributed by atoms with Crippen LogP contribution in [0, 0.1) is 10.8 Å². The topological polar surface area (TPSA) is 124 Å². The van der Waals surface area contributed by atoms with Gasteiger partial charge in [0.25, 0.3) is 5.56 Å². The van der Waals surface area contributed by atoms with E-state index in [0.29, 0.717) is 44.9 Å². The minimum atomic E-state index is -0.549. The Bertz CT molecular complexity index is 858. The number of ketones is 1. The summed E-state index contributed by atoms with van der Waals surface area (Å²) in [5, 5.41) is 0. The zero-order valence-electron chi connectivity index (χ0n) is 15.9. The standard InChI is InChI=1S/C19H27N3O5/c1-3-10-22-15(24)12(14(20)21-17(22)26)11-13(23)18-4-7-19(8-5-18,9-6-18)16(25)27-2/h3-11,20H2,1-2H3,(H,21,26). The van der Waals surface area contributed by atoms with Gasteiger partial charge in [0.1, 0.15) is 11.6 Å². The van der Waals surface area contributed by atoms with Crippen molar-refractivity contribution in [2.45, 2.75) is 64.8 Å². The number of nitrogen functional groups attached to an aromatic ring is 1. The van der Waals surface area contributed by atoms with Crippen LogP contribution in [0.2, 0.25) is 0 Å². The van der Waals surface area contributed by atoms with Gasteiger partial charge in [-0.1, -0.05) is 6.92 Å². The van der Waals surface area contributed by atoms with Gasteiger partial charge in [-0.05, 0) is 44.9 Å². The van der Waals surface area contributed by atoms with Gasteiger partial charge in [-0.3, -0.25) is 23.9 Å². The van der Waals surface area contributed by atoms with Gasteiger partial charge in [0.2, 0.25) is 0 Å². The van der Waals surface area contributed by atoms with E-state index >= 15 is 0 Å². The van der Waals surface area contributed by atoms with Crippen molar-refractivity contribution >= 4 is 17.6 Å². The Morgan fingerprint density at radius 3 is 2.19 bits per heavy atom. The monoisotopic (exact) mass is 377 g/mol. The Balaban J connectivity index is 1.84. The molecule has 8 heteroatoms. The lowest BCUT2D eigenvalue weighted by Crippen LogP contribution is -2.50. The largest absolute Gasteiger partial charge is 0.469 e. The molecule has 1 heterocycles. The molecule has 0 unspecified atom stereocenters. The summed E-state index contributed by atoms with van der Waals surface area (Å²) in [6.45, 7) is 2.14. The quantitative estimate of drug-likeness (QED) is 0.717. The summed E-state index contributed by atoms with van der Waals surface area (Å²) in [7, 11) is 1.40. The number of hydrogen-bond donors (Lipinski definition) is 2. The molecule has 1 aromatic heterocycles. The van der Waals surface area contributed by atoms with Crippen molar-refractivity contribution in [3.05, 3.63) is 26.4 Å². The van der Waals surface area contributed by atoms with Crippen LogP contribution >= 0.6 is 0 Å². The summed E-state index contributed by atoms with van der Waals surface area (Å²) in [6, 6.07) is 0. The van der Waals surface area contributed by atoms with Crippen molar-refractivity contribution < 1.29 is 14.3 Å². The number of hydrogen-bond acceptors (Lipinski definition) is 6. The predicted octanol–water partition coefficient (Wildman–Crippen LogP) is 1.15. The van der Waals surface area contributed by atoms with Crippen molar-refractivity contribution in [3.8, 4) is 0 Å². The number of carbonyl (C=O) groups excluding carboxylic acids is 2. The molecule has 0 amide bonds. The van der Waals surface area contributed by atoms with E-state index in [1.165, 1.54) is 7.11 Å². The highest BCUT2D eigenvalue weighted by atomic mass is 16.5. The van der Waals surface area contributed by atoms with Crippen molar-refractivity contribution in [2.24, 2.45) is 10.8 Å². The fourth-order valence-corrected chi connectivity index (χ4v) is 4.70. The van der Waals surface area contributed by atoms with Crippen LogP contribution in [0.25, 0.3) is 0 Å². The predicted molar refractivity (Wildman–Crippen MR) is 99.3 cm³/mol. The van der Waals surface area contributed by atoms with Crippen LogP contribution in [-0.4, -0.2) is 28.4 Å². The normalized spacial score (nSPS) is 26.7. The number of rotatable bonds is 6. The first-order valence-corrected chi connectivity index (χ1v) is 9.52. The highest BCUT2D eigenvalue weighted by Crippen LogP contribution is 2.57. The molecule has 4 rings (SSSR count). The molecule has 0 spiro atoms. The summed E-state index contributed by atoms with van der Waals surface area (Å²) >= 11 is 0. The minimum absolute atomic E-state index is 0.0282. The fourth-order valence-electron chi connectivity index (χ4n) is 4.70. The third kappa shape index (κ3) is 3.11. The summed E-state index contributed by atoms with van der Waals surface area (Å²) in [4.78, 5) is 52.3. The first-order chi connectivity index (χ1) is 12.8. The van der Waals surface area contributed by atoms with Crippen LogP contribution < -0.4 is 17.0 Å². The number of esters is 1. The average Bonchev–Trinajstić information content (AvgIpc) is 2.68. The third-order valence-corrected chi connectivity index (χ3v) is 6.56. The lowest BCUT2D eigenvalue weighted by Gasteiger charge is -2.50. The number of ether oxygens (including phenoxy) is 1. The van der Waals surface area contributed by atoms with Gasteiger partial charge in [-0.25, -0.2) is 4.79 Å². The van der Waals surface area contributed by atoms with E-state index in [-0.39, 0.29) is 36.1 Å². The molecule has 3 saturated carbocycles. The van der Waals surface area contributed by atoms with Crippen LogP contribution in [0.5, 0.6) is 0 Å². The molecule has 0 aliphatic heterocycles. The summed E-state index contributed by atoms with van der Waals surface area (Å²) in [5.74, 6) is -0.243. The second-order valence-electron chi connectivity index (χ2n) is 7.93. The van der Waals surface area contributed by atoms with Gasteiger partial charge in [0.05, 0.1) is 18.1 Å². The average molecular weight is 377 g/mol. The van der Waals surface area contributed by atoms with Crippen LogP contribution in [-0.2, 0) is 27.3 Å². The van der Waals surface area contributed by atoms with Gasteiger partial charge in [-0.15, -0.1) is 0 Å². The van der Waals surface area contributed by atoms with Crippen LogP contribution in [0.15, 0.2) is 9.59 Å². The first-order valence-electron chi connectivity index (χ1n) is 9.52. The Hall–Kier alpha value is -2.38. The molecule has 148 valence electrons. The molecule has 3 aliphatic rings. The minimum Gasteiger partial charge on any atom is -0.469 e. The number of methoxy groups -OCH3 is 1. The van der Waals surface area contributed by atoms with Gasteiger partial charge in [0, 0.05) is 18.4 Å². The molecule has 3 fully saturated rings. The maximum Gasteiger partial charge on any atom is 0.329 e. The SMILES string of the molecule is CCCn1c(=O)[nH]c(N)c(CC(=O)C23CCC(C(=O)OC)(CC2)CC3)c1=O. The van der Waals surface area contributed by atoms with Gasteiger partial charge in [0.15, 0.2) is 0 Å². The third-order valence-electron chi connectivity index (χ3n) is 6.56. The van der Waals surface area contributed by atoms with Crippen molar-refractivity contribution in [1.82, 2.24) is 9.55 Å². The first kappa shape index (κ1) is 19.4. The number of H-pyrrole nitrogens is 1. The maximum atomic E-state index is 13.1. The van der Waals surface area contributed by atoms with E-state index in [4.69, 9.17) is 10.5 Å². The molecule has 8 nitrogen and oxygen atoms in total. The molecule has 0 radical (unpaired) electrons. The molecule has 0 atom stereocenters. The summed E-state index contributed by atoms with van der Waals surface area (Å²) in [6.07, 6.45) is 4.29. The molecule has 0 aromatic carbocycles. The number of anilines is 1. The Morgan fingerprint density at radius 2 is 1.67 bits per heavy atom. The van der Waals surface area contributed by atoms with E-state index in [2.05, 4.69) is 4.98 Å². The molecule has 0 saturated heterocycles. The number of nitrogens with zero attached hydrogens (tertiary/aromatic N) is 1. The van der Waals surface area contributed by atoms with Crippen LogP contribution in [0.3, 0.4) is 0 Å². The number of fused-ring (bicyclic) bond motifs is 3. The van der Waals surface area contributed by atoms with Gasteiger partial charge < -0.3 is 10.5 Å². The van der Waals surface area contributed by atoms with E-state index < -0.39 is 22.1 Å². The molecule has 3 aliphatic carbocycles. The number of carbonyl (C=O) groups is 2. The zero-order chi connectivity index (χ0) is 19.8. The second kappa shape index (κ2) is 6.98.